The van der Waals surface area contributed by atoms with Gasteiger partial charge in [0.15, 0.2) is 0 Å². The lowest BCUT2D eigenvalue weighted by Gasteiger charge is -2.29. The van der Waals surface area contributed by atoms with E-state index in [2.05, 4.69) is 59.6 Å². The zero-order valence-electron chi connectivity index (χ0n) is 19.9. The van der Waals surface area contributed by atoms with Gasteiger partial charge in [-0.05, 0) is 104 Å². The smallest absolute Gasteiger partial charge is 0.127 e. The van der Waals surface area contributed by atoms with Crippen molar-refractivity contribution in [3.05, 3.63) is 82.0 Å². The van der Waals surface area contributed by atoms with Gasteiger partial charge in [0, 0.05) is 29.9 Å². The van der Waals surface area contributed by atoms with Crippen LogP contribution in [0, 0.1) is 5.92 Å². The highest BCUT2D eigenvalue weighted by Crippen LogP contribution is 2.52. The molecule has 0 radical (unpaired) electrons. The van der Waals surface area contributed by atoms with E-state index in [-0.39, 0.29) is 0 Å². The molecule has 0 saturated heterocycles. The average molecular weight is 475 g/mol. The molecule has 3 saturated carbocycles. The number of ether oxygens (including phenoxy) is 1. The van der Waals surface area contributed by atoms with Crippen LogP contribution in [0.1, 0.15) is 68.1 Å². The summed E-state index contributed by atoms with van der Waals surface area (Å²) in [4.78, 5) is 2.44. The highest BCUT2D eigenvalue weighted by atomic mass is 35.5. The molecule has 6 rings (SSSR count). The molecular weight excluding hydrogens is 440 g/mol. The van der Waals surface area contributed by atoms with Gasteiger partial charge in [-0.3, -0.25) is 0 Å². The summed E-state index contributed by atoms with van der Waals surface area (Å²) in [7, 11) is 0. The van der Waals surface area contributed by atoms with E-state index < -0.39 is 0 Å². The van der Waals surface area contributed by atoms with Crippen molar-refractivity contribution in [2.45, 2.75) is 69.4 Å². The molecule has 3 fully saturated rings. The molecule has 2 aromatic rings. The Bertz CT molecular complexity index is 1120. The van der Waals surface area contributed by atoms with Gasteiger partial charge in [0.1, 0.15) is 5.75 Å². The van der Waals surface area contributed by atoms with Crippen molar-refractivity contribution in [1.82, 2.24) is 4.90 Å². The van der Waals surface area contributed by atoms with Crippen LogP contribution in [0.5, 0.6) is 5.75 Å². The van der Waals surface area contributed by atoms with Gasteiger partial charge in [0.05, 0.1) is 6.10 Å². The van der Waals surface area contributed by atoms with E-state index >= 15 is 0 Å². The van der Waals surface area contributed by atoms with Gasteiger partial charge >= 0.3 is 0 Å². The van der Waals surface area contributed by atoms with Crippen LogP contribution in [0.2, 0.25) is 5.02 Å². The maximum absolute atomic E-state index is 6.70. The fourth-order valence-corrected chi connectivity index (χ4v) is 5.59. The SMILES string of the molecule is NCCCC1(c2ccc(Cl)c(CN3C=C(C4CC4)C(c4ccccc4OC4CC4)=CC3)c2)CC1. The molecule has 34 heavy (non-hydrogen) atoms. The molecule has 0 spiro atoms. The second kappa shape index (κ2) is 9.09. The number of rotatable bonds is 10. The molecule has 2 aromatic carbocycles. The molecule has 1 heterocycles. The summed E-state index contributed by atoms with van der Waals surface area (Å²) in [6.45, 7) is 2.51. The Labute approximate surface area is 208 Å². The number of hydrogen-bond acceptors (Lipinski definition) is 3. The monoisotopic (exact) mass is 474 g/mol. The Balaban J connectivity index is 1.24. The highest BCUT2D eigenvalue weighted by molar-refractivity contribution is 6.31. The summed E-state index contributed by atoms with van der Waals surface area (Å²) < 4.78 is 6.27. The molecule has 1 aliphatic heterocycles. The highest BCUT2D eigenvalue weighted by Gasteiger charge is 2.43. The lowest BCUT2D eigenvalue weighted by Crippen LogP contribution is -2.22. The zero-order chi connectivity index (χ0) is 23.1. The van der Waals surface area contributed by atoms with Crippen LogP contribution in [0.15, 0.2) is 60.3 Å². The second-order valence-electron chi connectivity index (χ2n) is 10.7. The van der Waals surface area contributed by atoms with E-state index in [9.17, 15) is 0 Å². The van der Waals surface area contributed by atoms with Crippen LogP contribution < -0.4 is 10.5 Å². The standard InChI is InChI=1S/C30H35ClN2O/c31-28-11-8-23(30(14-15-30)13-3-16-32)18-22(28)19-33-17-12-25(27(20-33)21-6-7-21)26-4-1-2-5-29(26)34-24-9-10-24/h1-2,4-5,8,11-12,18,20-21,24H,3,6-7,9-10,13-17,19,32H2. The number of allylic oxidation sites excluding steroid dienone is 2. The third-order valence-electron chi connectivity index (χ3n) is 7.92. The summed E-state index contributed by atoms with van der Waals surface area (Å²) in [5.41, 5.74) is 12.9. The molecule has 4 aliphatic rings. The van der Waals surface area contributed by atoms with E-state index in [1.165, 1.54) is 72.8 Å². The van der Waals surface area contributed by atoms with Crippen molar-refractivity contribution >= 4 is 17.2 Å². The van der Waals surface area contributed by atoms with Crippen molar-refractivity contribution in [3.63, 3.8) is 0 Å². The van der Waals surface area contributed by atoms with E-state index in [4.69, 9.17) is 22.1 Å². The Morgan fingerprint density at radius 1 is 1.06 bits per heavy atom. The third kappa shape index (κ3) is 4.65. The Morgan fingerprint density at radius 3 is 2.62 bits per heavy atom. The average Bonchev–Trinajstić information content (AvgIpc) is 3.70. The van der Waals surface area contributed by atoms with Gasteiger partial charge in [-0.1, -0.05) is 48.0 Å². The van der Waals surface area contributed by atoms with Gasteiger partial charge < -0.3 is 15.4 Å². The molecule has 0 amide bonds. The summed E-state index contributed by atoms with van der Waals surface area (Å²) in [6.07, 6.45) is 15.0. The Morgan fingerprint density at radius 2 is 1.88 bits per heavy atom. The van der Waals surface area contributed by atoms with E-state index in [1.807, 2.05) is 0 Å². The fourth-order valence-electron chi connectivity index (χ4n) is 5.42. The van der Waals surface area contributed by atoms with Gasteiger partial charge in [0.25, 0.3) is 0 Å². The van der Waals surface area contributed by atoms with Crippen molar-refractivity contribution in [2.75, 3.05) is 13.1 Å². The number of nitrogens with two attached hydrogens (primary N) is 1. The van der Waals surface area contributed by atoms with E-state index in [0.29, 0.717) is 17.4 Å². The zero-order valence-corrected chi connectivity index (χ0v) is 20.7. The Kier molecular flexibility index (Phi) is 5.95. The minimum Gasteiger partial charge on any atom is -0.490 e. The van der Waals surface area contributed by atoms with Crippen molar-refractivity contribution in [1.29, 1.82) is 0 Å². The largest absolute Gasteiger partial charge is 0.490 e. The molecular formula is C30H35ClN2O. The first-order chi connectivity index (χ1) is 16.6. The number of nitrogens with zero attached hydrogens (tertiary/aromatic N) is 1. The van der Waals surface area contributed by atoms with Crippen LogP contribution in [-0.2, 0) is 12.0 Å². The van der Waals surface area contributed by atoms with Crippen LogP contribution in [0.4, 0.5) is 0 Å². The molecule has 4 heteroatoms. The summed E-state index contributed by atoms with van der Waals surface area (Å²) in [5.74, 6) is 1.70. The lowest BCUT2D eigenvalue weighted by molar-refractivity contribution is 0.302. The first-order valence-electron chi connectivity index (χ1n) is 13.1. The topological polar surface area (TPSA) is 38.5 Å². The molecule has 0 unspecified atom stereocenters. The summed E-state index contributed by atoms with van der Waals surface area (Å²) >= 11 is 6.70. The van der Waals surface area contributed by atoms with Crippen molar-refractivity contribution in [2.24, 2.45) is 11.7 Å². The van der Waals surface area contributed by atoms with Gasteiger partial charge in [-0.2, -0.15) is 0 Å². The number of benzene rings is 2. The molecule has 2 N–H and O–H groups in total. The lowest BCUT2D eigenvalue weighted by atomic mass is 9.89. The maximum atomic E-state index is 6.70. The van der Waals surface area contributed by atoms with Crippen LogP contribution in [0.3, 0.4) is 0 Å². The first-order valence-corrected chi connectivity index (χ1v) is 13.4. The Hall–Kier alpha value is -2.23. The molecule has 178 valence electrons. The minimum absolute atomic E-state index is 0.341. The summed E-state index contributed by atoms with van der Waals surface area (Å²) in [5, 5.41) is 0.873. The van der Waals surface area contributed by atoms with Crippen LogP contribution in [-0.4, -0.2) is 24.1 Å². The predicted octanol–water partition coefficient (Wildman–Crippen LogP) is 6.84. The van der Waals surface area contributed by atoms with Gasteiger partial charge in [0.2, 0.25) is 0 Å². The van der Waals surface area contributed by atoms with Gasteiger partial charge in [-0.15, -0.1) is 0 Å². The normalized spacial score (nSPS) is 21.2. The molecule has 0 bridgehead atoms. The summed E-state index contributed by atoms with van der Waals surface area (Å²) in [6, 6.07) is 15.3. The van der Waals surface area contributed by atoms with Crippen LogP contribution in [0.25, 0.3) is 5.57 Å². The van der Waals surface area contributed by atoms with Crippen molar-refractivity contribution in [3.8, 4) is 5.75 Å². The molecule has 0 aromatic heterocycles. The fraction of sp³-hybridized carbons (Fsp3) is 0.467. The maximum Gasteiger partial charge on any atom is 0.127 e. The third-order valence-corrected chi connectivity index (χ3v) is 8.29. The van der Waals surface area contributed by atoms with Crippen molar-refractivity contribution < 1.29 is 4.74 Å². The molecule has 3 nitrogen and oxygen atoms in total. The van der Waals surface area contributed by atoms with E-state index in [1.54, 1.807) is 0 Å². The molecule has 0 atom stereocenters. The number of hydrogen-bond donors (Lipinski definition) is 1. The predicted molar refractivity (Wildman–Crippen MR) is 140 cm³/mol. The van der Waals surface area contributed by atoms with E-state index in [0.717, 1.165) is 36.8 Å². The quantitative estimate of drug-likeness (QED) is 0.409. The van der Waals surface area contributed by atoms with Gasteiger partial charge in [-0.25, -0.2) is 0 Å². The van der Waals surface area contributed by atoms with Crippen LogP contribution >= 0.6 is 11.6 Å². The number of para-hydroxylation sites is 1. The second-order valence-corrected chi connectivity index (χ2v) is 11.1. The minimum atomic E-state index is 0.341. The first kappa shape index (κ1) is 22.2. The number of halogens is 1. The molecule has 3 aliphatic carbocycles.